The van der Waals surface area contributed by atoms with E-state index in [2.05, 4.69) is 6.92 Å². The molecule has 4 aliphatic rings. The van der Waals surface area contributed by atoms with Crippen molar-refractivity contribution in [3.63, 3.8) is 0 Å². The summed E-state index contributed by atoms with van der Waals surface area (Å²) in [6.45, 7) is 3.29. The Bertz CT molecular complexity index is 719. The minimum absolute atomic E-state index is 0.0666. The summed E-state index contributed by atoms with van der Waals surface area (Å²) in [6, 6.07) is 0. The summed E-state index contributed by atoms with van der Waals surface area (Å²) in [4.78, 5) is 24.4. The van der Waals surface area contributed by atoms with Crippen LogP contribution in [0.4, 0.5) is 0 Å². The number of allylic oxidation sites excluding steroid dienone is 1. The molecular weight excluding hydrogens is 332 g/mol. The van der Waals surface area contributed by atoms with E-state index in [-0.39, 0.29) is 29.0 Å². The average molecular weight is 363 g/mol. The minimum Gasteiger partial charge on any atom is -0.393 e. The maximum absolute atomic E-state index is 12.4. The third-order valence-electron chi connectivity index (χ3n) is 8.47. The fourth-order valence-electron chi connectivity index (χ4n) is 7.11. The SMILES string of the molecule is [2H]C1C[C@@]2(C)C(=CC1=O)CC[C@@H]1[C@@H]2[C@@H](O)C[C@@]2(C)[C@H]1CC[C@]2(O)C(=O)CO. The van der Waals surface area contributed by atoms with Gasteiger partial charge in [0, 0.05) is 13.2 Å². The second-order valence-electron chi connectivity index (χ2n) is 9.40. The van der Waals surface area contributed by atoms with Gasteiger partial charge in [-0.1, -0.05) is 19.4 Å². The van der Waals surface area contributed by atoms with Crippen LogP contribution < -0.4 is 0 Å². The maximum atomic E-state index is 12.4. The normalized spacial score (nSPS) is 53.9. The third kappa shape index (κ3) is 2.14. The Kier molecular flexibility index (Phi) is 3.76. The van der Waals surface area contributed by atoms with Gasteiger partial charge in [-0.25, -0.2) is 0 Å². The van der Waals surface area contributed by atoms with Gasteiger partial charge in [-0.3, -0.25) is 9.59 Å². The van der Waals surface area contributed by atoms with Crippen LogP contribution in [0.25, 0.3) is 0 Å². The summed E-state index contributed by atoms with van der Waals surface area (Å²) < 4.78 is 8.14. The molecule has 5 nitrogen and oxygen atoms in total. The molecule has 5 heteroatoms. The molecule has 0 radical (unpaired) electrons. The van der Waals surface area contributed by atoms with Crippen molar-refractivity contribution in [2.45, 2.75) is 70.5 Å². The van der Waals surface area contributed by atoms with Gasteiger partial charge in [0.05, 0.1) is 6.10 Å². The molecule has 0 heterocycles. The van der Waals surface area contributed by atoms with Crippen molar-refractivity contribution in [2.24, 2.45) is 28.6 Å². The molecule has 26 heavy (non-hydrogen) atoms. The van der Waals surface area contributed by atoms with Crippen LogP contribution in [0.3, 0.4) is 0 Å². The van der Waals surface area contributed by atoms with Crippen LogP contribution in [0.5, 0.6) is 0 Å². The van der Waals surface area contributed by atoms with E-state index in [4.69, 9.17) is 1.37 Å². The van der Waals surface area contributed by atoms with Crippen LogP contribution in [0.15, 0.2) is 11.6 Å². The van der Waals surface area contributed by atoms with Crippen molar-refractivity contribution in [3.05, 3.63) is 11.6 Å². The molecular formula is C21H30O5. The number of hydrogen-bond acceptors (Lipinski definition) is 5. The third-order valence-corrected chi connectivity index (χ3v) is 8.47. The number of ketones is 2. The summed E-state index contributed by atoms with van der Waals surface area (Å²) in [5.41, 5.74) is -1.67. The number of Topliss-reactive ketones (excluding diaryl/α,β-unsaturated/α-hetero) is 1. The molecule has 8 atom stereocenters. The van der Waals surface area contributed by atoms with Gasteiger partial charge < -0.3 is 15.3 Å². The highest BCUT2D eigenvalue weighted by atomic mass is 16.3. The lowest BCUT2D eigenvalue weighted by atomic mass is 9.45. The number of carbonyl (C=O) groups excluding carboxylic acids is 2. The van der Waals surface area contributed by atoms with Crippen LogP contribution in [-0.4, -0.2) is 45.2 Å². The van der Waals surface area contributed by atoms with Crippen LogP contribution in [0.1, 0.15) is 60.1 Å². The fraction of sp³-hybridized carbons (Fsp3) is 0.810. The van der Waals surface area contributed by atoms with Gasteiger partial charge in [-0.2, -0.15) is 0 Å². The first-order chi connectivity index (χ1) is 12.6. The molecule has 4 rings (SSSR count). The fourth-order valence-corrected chi connectivity index (χ4v) is 7.11. The molecule has 3 N–H and O–H groups in total. The first-order valence-corrected chi connectivity index (χ1v) is 9.80. The van der Waals surface area contributed by atoms with E-state index in [1.54, 1.807) is 6.08 Å². The van der Waals surface area contributed by atoms with Gasteiger partial charge in [0.25, 0.3) is 0 Å². The molecule has 0 spiro atoms. The lowest BCUT2D eigenvalue weighted by Gasteiger charge is -2.60. The zero-order valence-corrected chi connectivity index (χ0v) is 15.6. The first-order valence-electron chi connectivity index (χ1n) is 10.4. The van der Waals surface area contributed by atoms with Crippen molar-refractivity contribution in [1.29, 1.82) is 0 Å². The number of fused-ring (bicyclic) bond motifs is 5. The number of hydrogen-bond donors (Lipinski definition) is 3. The summed E-state index contributed by atoms with van der Waals surface area (Å²) in [5.74, 6) is -0.522. The van der Waals surface area contributed by atoms with E-state index in [0.717, 1.165) is 18.4 Å². The molecule has 3 fully saturated rings. The summed E-state index contributed by atoms with van der Waals surface area (Å²) in [6.07, 6.45) is 3.49. The van der Waals surface area contributed by atoms with Crippen LogP contribution in [-0.2, 0) is 9.59 Å². The molecule has 4 aliphatic carbocycles. The zero-order valence-electron chi connectivity index (χ0n) is 16.6. The zero-order chi connectivity index (χ0) is 19.8. The number of carbonyl (C=O) groups is 2. The predicted octanol–water partition coefficient (Wildman–Crippen LogP) is 1.78. The quantitative estimate of drug-likeness (QED) is 0.695. The predicted molar refractivity (Wildman–Crippen MR) is 95.1 cm³/mol. The Balaban J connectivity index is 1.74. The molecule has 0 aromatic rings. The van der Waals surface area contributed by atoms with E-state index < -0.39 is 35.9 Å². The standard InChI is InChI=1S/C21H30O5/c1-19-7-5-13(23)9-12(19)3-4-14-15-6-8-21(26,17(25)11-22)20(15,2)10-16(24)18(14)19/h9,14-16,18,22,24,26H,3-8,10-11H2,1-2H3/t14-,15-,16-,18+,19-,20-,21-/m0/s1/i5D/t5?,14-,15-,16-,18+,19-,20-,21-. The number of rotatable bonds is 2. The minimum atomic E-state index is -1.59. The van der Waals surface area contributed by atoms with E-state index in [1.807, 2.05) is 6.92 Å². The number of aliphatic hydroxyl groups is 3. The Morgan fingerprint density at radius 2 is 2.08 bits per heavy atom. The second-order valence-corrected chi connectivity index (χ2v) is 9.40. The van der Waals surface area contributed by atoms with Crippen LogP contribution in [0.2, 0.25) is 0 Å². The Morgan fingerprint density at radius 3 is 2.77 bits per heavy atom. The van der Waals surface area contributed by atoms with E-state index in [1.165, 1.54) is 0 Å². The average Bonchev–Trinajstić information content (AvgIpc) is 2.87. The van der Waals surface area contributed by atoms with Gasteiger partial charge in [-0.15, -0.1) is 0 Å². The molecule has 0 amide bonds. The van der Waals surface area contributed by atoms with Crippen molar-refractivity contribution in [1.82, 2.24) is 0 Å². The van der Waals surface area contributed by atoms with Gasteiger partial charge in [0.2, 0.25) is 0 Å². The molecule has 0 aliphatic heterocycles. The molecule has 0 aromatic heterocycles. The van der Waals surface area contributed by atoms with Gasteiger partial charge in [-0.05, 0) is 67.8 Å². The molecule has 144 valence electrons. The van der Waals surface area contributed by atoms with Crippen molar-refractivity contribution >= 4 is 11.6 Å². The van der Waals surface area contributed by atoms with E-state index in [0.29, 0.717) is 25.7 Å². The topological polar surface area (TPSA) is 94.8 Å². The summed E-state index contributed by atoms with van der Waals surface area (Å²) in [7, 11) is 0. The second kappa shape index (κ2) is 5.73. The van der Waals surface area contributed by atoms with Gasteiger partial charge in [0.1, 0.15) is 12.2 Å². The smallest absolute Gasteiger partial charge is 0.190 e. The molecule has 3 saturated carbocycles. The van der Waals surface area contributed by atoms with Crippen molar-refractivity contribution < 1.29 is 26.3 Å². The largest absolute Gasteiger partial charge is 0.393 e. The van der Waals surface area contributed by atoms with E-state index in [9.17, 15) is 24.9 Å². The monoisotopic (exact) mass is 363 g/mol. The highest BCUT2D eigenvalue weighted by Crippen LogP contribution is 2.67. The molecule has 0 saturated heterocycles. The lowest BCUT2D eigenvalue weighted by Crippen LogP contribution is -2.62. The Morgan fingerprint density at radius 1 is 1.35 bits per heavy atom. The maximum Gasteiger partial charge on any atom is 0.190 e. The van der Waals surface area contributed by atoms with Gasteiger partial charge in [0.15, 0.2) is 11.6 Å². The Hall–Kier alpha value is -1.04. The highest BCUT2D eigenvalue weighted by Gasteiger charge is 2.68. The molecule has 0 aromatic carbocycles. The highest BCUT2D eigenvalue weighted by molar-refractivity contribution is 5.91. The lowest BCUT2D eigenvalue weighted by molar-refractivity contribution is -0.182. The molecule has 1 unspecified atom stereocenters. The van der Waals surface area contributed by atoms with Crippen molar-refractivity contribution in [3.8, 4) is 0 Å². The number of aliphatic hydroxyl groups excluding tert-OH is 2. The molecule has 0 bridgehead atoms. The summed E-state index contributed by atoms with van der Waals surface area (Å²) in [5, 5.41) is 31.8. The van der Waals surface area contributed by atoms with E-state index >= 15 is 0 Å². The van der Waals surface area contributed by atoms with Crippen LogP contribution in [0, 0.1) is 28.6 Å². The van der Waals surface area contributed by atoms with Crippen molar-refractivity contribution in [2.75, 3.05) is 6.61 Å². The first kappa shape index (κ1) is 17.1. The van der Waals surface area contributed by atoms with Gasteiger partial charge >= 0.3 is 0 Å². The van der Waals surface area contributed by atoms with Crippen LogP contribution >= 0.6 is 0 Å². The Labute approximate surface area is 155 Å². The summed E-state index contributed by atoms with van der Waals surface area (Å²) >= 11 is 0.